The highest BCUT2D eigenvalue weighted by Crippen LogP contribution is 2.31. The fraction of sp³-hybridized carbons (Fsp3) is 0.227. The topological polar surface area (TPSA) is 73.8 Å². The van der Waals surface area contributed by atoms with Gasteiger partial charge in [-0.25, -0.2) is 9.79 Å². The molecule has 1 unspecified atom stereocenters. The first-order valence-electron chi connectivity index (χ1n) is 9.40. The molecule has 0 spiro atoms. The summed E-state index contributed by atoms with van der Waals surface area (Å²) in [5, 5.41) is 0. The Morgan fingerprint density at radius 1 is 1.27 bits per heavy atom. The molecular weight excluding hydrogens is 468 g/mol. The highest BCUT2D eigenvalue weighted by molar-refractivity contribution is 9.10. The maximum absolute atomic E-state index is 13.4. The fourth-order valence-electron chi connectivity index (χ4n) is 3.41. The number of carbonyl (C=O) groups is 1. The van der Waals surface area contributed by atoms with Crippen LogP contribution in [-0.2, 0) is 9.53 Å². The number of allylic oxidation sites excluding steroid dienone is 1. The van der Waals surface area contributed by atoms with Crippen molar-refractivity contribution in [2.45, 2.75) is 26.8 Å². The van der Waals surface area contributed by atoms with Crippen LogP contribution < -0.4 is 14.9 Å². The number of fused-ring (bicyclic) bond motifs is 1. The lowest BCUT2D eigenvalue weighted by Crippen LogP contribution is -2.39. The molecule has 1 aromatic carbocycles. The standard InChI is InChI=1S/C22H19BrN2O4S/c1-4-28-21(27)18-13(3)24-22-25(19(18)14-6-8-15(23)9-7-14)20(26)17(30-22)11-16-10-5-12(2)29-16/h5-11,19H,4H2,1-3H3/b17-11+. The fourth-order valence-corrected chi connectivity index (χ4v) is 4.70. The molecule has 0 N–H and O–H groups in total. The lowest BCUT2D eigenvalue weighted by molar-refractivity contribution is -0.139. The number of carbonyl (C=O) groups excluding carboxylic acids is 1. The van der Waals surface area contributed by atoms with Crippen molar-refractivity contribution in [3.05, 3.63) is 88.9 Å². The zero-order chi connectivity index (χ0) is 21.4. The van der Waals surface area contributed by atoms with Gasteiger partial charge >= 0.3 is 5.97 Å². The number of benzene rings is 1. The van der Waals surface area contributed by atoms with Crippen LogP contribution in [0.15, 0.2) is 66.3 Å². The molecule has 1 aliphatic heterocycles. The van der Waals surface area contributed by atoms with E-state index in [2.05, 4.69) is 20.9 Å². The molecular formula is C22H19BrN2O4S. The number of hydrogen-bond acceptors (Lipinski definition) is 6. The molecule has 0 saturated carbocycles. The van der Waals surface area contributed by atoms with Gasteiger partial charge in [-0.1, -0.05) is 39.4 Å². The van der Waals surface area contributed by atoms with E-state index in [0.29, 0.717) is 26.4 Å². The van der Waals surface area contributed by atoms with E-state index in [9.17, 15) is 9.59 Å². The summed E-state index contributed by atoms with van der Waals surface area (Å²) in [7, 11) is 0. The molecule has 0 bridgehead atoms. The molecule has 2 aromatic heterocycles. The Kier molecular flexibility index (Phi) is 5.62. The van der Waals surface area contributed by atoms with Crippen LogP contribution in [0.25, 0.3) is 6.08 Å². The molecule has 0 fully saturated rings. The molecule has 1 aliphatic rings. The van der Waals surface area contributed by atoms with Crippen molar-refractivity contribution >= 4 is 39.3 Å². The van der Waals surface area contributed by atoms with E-state index in [4.69, 9.17) is 9.15 Å². The van der Waals surface area contributed by atoms with Crippen molar-refractivity contribution in [1.82, 2.24) is 4.57 Å². The number of halogens is 1. The SMILES string of the molecule is CCOC(=O)C1=C(C)N=c2s/c(=C/c3ccc(C)o3)c(=O)n2C1c1ccc(Br)cc1. The van der Waals surface area contributed by atoms with Crippen molar-refractivity contribution in [1.29, 1.82) is 0 Å². The van der Waals surface area contributed by atoms with Crippen molar-refractivity contribution in [2.24, 2.45) is 4.99 Å². The molecule has 8 heteroatoms. The average molecular weight is 487 g/mol. The number of aromatic nitrogens is 1. The lowest BCUT2D eigenvalue weighted by Gasteiger charge is -2.24. The first-order chi connectivity index (χ1) is 14.4. The first-order valence-corrected chi connectivity index (χ1v) is 11.0. The Balaban J connectivity index is 1.96. The number of hydrogen-bond donors (Lipinski definition) is 0. The van der Waals surface area contributed by atoms with E-state index >= 15 is 0 Å². The van der Waals surface area contributed by atoms with Crippen LogP contribution in [0.4, 0.5) is 0 Å². The van der Waals surface area contributed by atoms with Crippen molar-refractivity contribution in [3.63, 3.8) is 0 Å². The lowest BCUT2D eigenvalue weighted by atomic mass is 9.96. The molecule has 6 nitrogen and oxygen atoms in total. The van der Waals surface area contributed by atoms with Crippen LogP contribution in [0.2, 0.25) is 0 Å². The molecule has 3 heterocycles. The summed E-state index contributed by atoms with van der Waals surface area (Å²) in [6.07, 6.45) is 1.71. The third kappa shape index (κ3) is 3.73. The van der Waals surface area contributed by atoms with E-state index in [0.717, 1.165) is 15.8 Å². The Hall–Kier alpha value is -2.71. The summed E-state index contributed by atoms with van der Waals surface area (Å²) in [6.45, 7) is 5.61. The van der Waals surface area contributed by atoms with E-state index in [-0.39, 0.29) is 12.2 Å². The van der Waals surface area contributed by atoms with E-state index in [1.54, 1.807) is 24.5 Å². The zero-order valence-electron chi connectivity index (χ0n) is 16.6. The number of furan rings is 1. The van der Waals surface area contributed by atoms with Gasteiger partial charge in [0.2, 0.25) is 0 Å². The van der Waals surface area contributed by atoms with Crippen LogP contribution in [0.3, 0.4) is 0 Å². The summed E-state index contributed by atoms with van der Waals surface area (Å²) >= 11 is 4.71. The van der Waals surface area contributed by atoms with Gasteiger partial charge in [-0.3, -0.25) is 9.36 Å². The first kappa shape index (κ1) is 20.6. The largest absolute Gasteiger partial charge is 0.463 e. The monoisotopic (exact) mass is 486 g/mol. The Morgan fingerprint density at radius 2 is 2.00 bits per heavy atom. The van der Waals surface area contributed by atoms with Gasteiger partial charge in [0, 0.05) is 10.5 Å². The summed E-state index contributed by atoms with van der Waals surface area (Å²) in [6, 6.07) is 10.6. The van der Waals surface area contributed by atoms with Crippen LogP contribution in [0, 0.1) is 6.92 Å². The second kappa shape index (κ2) is 8.20. The second-order valence-corrected chi connectivity index (χ2v) is 8.73. The van der Waals surface area contributed by atoms with Crippen LogP contribution in [-0.4, -0.2) is 17.1 Å². The third-order valence-corrected chi connectivity index (χ3v) is 6.25. The molecule has 0 aliphatic carbocycles. The van der Waals surface area contributed by atoms with Crippen LogP contribution >= 0.6 is 27.3 Å². The molecule has 0 amide bonds. The van der Waals surface area contributed by atoms with Gasteiger partial charge in [-0.05, 0) is 50.6 Å². The molecule has 154 valence electrons. The minimum atomic E-state index is -0.617. The van der Waals surface area contributed by atoms with Gasteiger partial charge < -0.3 is 9.15 Å². The van der Waals surface area contributed by atoms with Gasteiger partial charge in [0.25, 0.3) is 5.56 Å². The third-order valence-electron chi connectivity index (χ3n) is 4.74. The van der Waals surface area contributed by atoms with Crippen LogP contribution in [0.1, 0.15) is 37.0 Å². The number of rotatable bonds is 4. The predicted molar refractivity (Wildman–Crippen MR) is 118 cm³/mol. The van der Waals surface area contributed by atoms with E-state index in [1.807, 2.05) is 43.3 Å². The molecule has 4 rings (SSSR count). The maximum atomic E-state index is 13.4. The van der Waals surface area contributed by atoms with Crippen molar-refractivity contribution in [2.75, 3.05) is 6.61 Å². The second-order valence-electron chi connectivity index (χ2n) is 6.80. The summed E-state index contributed by atoms with van der Waals surface area (Å²) in [4.78, 5) is 31.2. The quantitative estimate of drug-likeness (QED) is 0.529. The molecule has 0 radical (unpaired) electrons. The van der Waals surface area contributed by atoms with Gasteiger partial charge in [0.15, 0.2) is 4.80 Å². The normalized spacial score (nSPS) is 16.4. The van der Waals surface area contributed by atoms with Crippen molar-refractivity contribution < 1.29 is 13.9 Å². The predicted octanol–water partition coefficient (Wildman–Crippen LogP) is 3.46. The minimum absolute atomic E-state index is 0.227. The highest BCUT2D eigenvalue weighted by Gasteiger charge is 2.33. The Labute approximate surface area is 185 Å². The van der Waals surface area contributed by atoms with Gasteiger partial charge in [0.05, 0.1) is 28.5 Å². The smallest absolute Gasteiger partial charge is 0.338 e. The van der Waals surface area contributed by atoms with Crippen LogP contribution in [0.5, 0.6) is 0 Å². The number of nitrogens with zero attached hydrogens (tertiary/aromatic N) is 2. The van der Waals surface area contributed by atoms with Gasteiger partial charge in [0.1, 0.15) is 11.5 Å². The van der Waals surface area contributed by atoms with E-state index in [1.165, 1.54) is 11.3 Å². The number of aryl methyl sites for hydroxylation is 1. The minimum Gasteiger partial charge on any atom is -0.463 e. The summed E-state index contributed by atoms with van der Waals surface area (Å²) < 4.78 is 13.8. The number of ether oxygens (including phenoxy) is 1. The van der Waals surface area contributed by atoms with E-state index < -0.39 is 12.0 Å². The maximum Gasteiger partial charge on any atom is 0.338 e. The average Bonchev–Trinajstić information content (AvgIpc) is 3.24. The molecule has 1 atom stereocenters. The Morgan fingerprint density at radius 3 is 2.63 bits per heavy atom. The highest BCUT2D eigenvalue weighted by atomic mass is 79.9. The number of esters is 1. The molecule has 0 saturated heterocycles. The summed E-state index contributed by atoms with van der Waals surface area (Å²) in [5.74, 6) is 0.893. The number of thiazole rings is 1. The molecule has 3 aromatic rings. The summed E-state index contributed by atoms with van der Waals surface area (Å²) in [5.41, 5.74) is 1.49. The van der Waals surface area contributed by atoms with Crippen molar-refractivity contribution in [3.8, 4) is 0 Å². The Bertz CT molecular complexity index is 1330. The molecule has 30 heavy (non-hydrogen) atoms. The zero-order valence-corrected chi connectivity index (χ0v) is 19.0. The van der Waals surface area contributed by atoms with Gasteiger partial charge in [-0.2, -0.15) is 0 Å². The van der Waals surface area contributed by atoms with Gasteiger partial charge in [-0.15, -0.1) is 0 Å².